The zero-order valence-electron chi connectivity index (χ0n) is 18.1. The third-order valence-electron chi connectivity index (χ3n) is 5.18. The number of carbonyl (C=O) groups excluding carboxylic acids is 1. The number of aromatic hydroxyl groups is 1. The molecule has 0 atom stereocenters. The van der Waals surface area contributed by atoms with Gasteiger partial charge in [0.25, 0.3) is 0 Å². The van der Waals surface area contributed by atoms with Crippen LogP contribution in [0.4, 0.5) is 11.6 Å². The minimum absolute atomic E-state index is 0.130. The lowest BCUT2D eigenvalue weighted by Crippen LogP contribution is -2.06. The molecule has 8 nitrogen and oxygen atoms in total. The molecule has 0 aliphatic carbocycles. The van der Waals surface area contributed by atoms with Crippen LogP contribution in [-0.4, -0.2) is 37.2 Å². The second-order valence-corrected chi connectivity index (χ2v) is 7.00. The fourth-order valence-corrected chi connectivity index (χ4v) is 3.54. The molecule has 0 spiro atoms. The maximum absolute atomic E-state index is 13.7. The van der Waals surface area contributed by atoms with Gasteiger partial charge in [-0.1, -0.05) is 0 Å². The molecule has 2 aromatic heterocycles. The van der Waals surface area contributed by atoms with E-state index in [9.17, 15) is 9.90 Å². The largest absolute Gasteiger partial charge is 0.502 e. The highest BCUT2D eigenvalue weighted by Gasteiger charge is 2.27. The molecular formula is C24H22N2O6. The number of anilines is 2. The number of hydrogen-bond acceptors (Lipinski definition) is 8. The van der Waals surface area contributed by atoms with Crippen molar-refractivity contribution in [3.8, 4) is 23.0 Å². The molecule has 0 bridgehead atoms. The number of furan rings is 1. The van der Waals surface area contributed by atoms with Gasteiger partial charge in [0.05, 0.1) is 38.8 Å². The SMILES string of the molecule is COc1cc(C(=O)c2c(Nc3cccnc3)oc3c(O)c(OC)ccc23)cc(OC)c1C. The lowest BCUT2D eigenvalue weighted by atomic mass is 9.99. The molecule has 32 heavy (non-hydrogen) atoms. The van der Waals surface area contributed by atoms with Crippen LogP contribution in [0.15, 0.2) is 53.2 Å². The van der Waals surface area contributed by atoms with Gasteiger partial charge in [-0.3, -0.25) is 9.78 Å². The minimum atomic E-state index is -0.337. The summed E-state index contributed by atoms with van der Waals surface area (Å²) in [6.07, 6.45) is 3.23. The van der Waals surface area contributed by atoms with Gasteiger partial charge in [-0.25, -0.2) is 0 Å². The Morgan fingerprint density at radius 1 is 1.03 bits per heavy atom. The van der Waals surface area contributed by atoms with Gasteiger partial charge in [-0.2, -0.15) is 0 Å². The Morgan fingerprint density at radius 3 is 2.31 bits per heavy atom. The monoisotopic (exact) mass is 434 g/mol. The van der Waals surface area contributed by atoms with Crippen LogP contribution in [0.3, 0.4) is 0 Å². The van der Waals surface area contributed by atoms with Gasteiger partial charge in [0, 0.05) is 22.7 Å². The molecule has 0 saturated carbocycles. The first-order chi connectivity index (χ1) is 15.5. The average molecular weight is 434 g/mol. The third kappa shape index (κ3) is 3.56. The number of fused-ring (bicyclic) bond motifs is 1. The zero-order chi connectivity index (χ0) is 22.8. The molecule has 0 unspecified atom stereocenters. The quantitative estimate of drug-likeness (QED) is 0.398. The van der Waals surface area contributed by atoms with Crippen molar-refractivity contribution in [3.63, 3.8) is 0 Å². The van der Waals surface area contributed by atoms with Crippen molar-refractivity contribution < 1.29 is 28.5 Å². The van der Waals surface area contributed by atoms with E-state index in [0.29, 0.717) is 28.1 Å². The number of nitrogens with one attached hydrogen (secondary N) is 1. The second-order valence-electron chi connectivity index (χ2n) is 7.00. The van der Waals surface area contributed by atoms with E-state index < -0.39 is 0 Å². The van der Waals surface area contributed by atoms with Crippen molar-refractivity contribution in [3.05, 3.63) is 65.5 Å². The zero-order valence-corrected chi connectivity index (χ0v) is 18.1. The number of carbonyl (C=O) groups is 1. The van der Waals surface area contributed by atoms with E-state index in [1.54, 1.807) is 48.8 Å². The Balaban J connectivity index is 1.93. The second kappa shape index (κ2) is 8.50. The molecule has 2 N–H and O–H groups in total. The predicted octanol–water partition coefficient (Wildman–Crippen LogP) is 4.84. The maximum Gasteiger partial charge on any atom is 0.210 e. The predicted molar refractivity (Wildman–Crippen MR) is 120 cm³/mol. The highest BCUT2D eigenvalue weighted by atomic mass is 16.5. The summed E-state index contributed by atoms with van der Waals surface area (Å²) in [5, 5.41) is 14.1. The Morgan fingerprint density at radius 2 is 1.72 bits per heavy atom. The van der Waals surface area contributed by atoms with E-state index in [1.165, 1.54) is 21.3 Å². The Labute approximate surface area is 184 Å². The Bertz CT molecular complexity index is 1270. The van der Waals surface area contributed by atoms with Crippen molar-refractivity contribution in [2.24, 2.45) is 0 Å². The molecule has 0 amide bonds. The number of rotatable bonds is 7. The number of phenols is 1. The van der Waals surface area contributed by atoms with Crippen LogP contribution in [-0.2, 0) is 0 Å². The van der Waals surface area contributed by atoms with Gasteiger partial charge >= 0.3 is 0 Å². The Kier molecular flexibility index (Phi) is 5.59. The lowest BCUT2D eigenvalue weighted by Gasteiger charge is -2.12. The van der Waals surface area contributed by atoms with Gasteiger partial charge in [0.2, 0.25) is 11.6 Å². The highest BCUT2D eigenvalue weighted by molar-refractivity contribution is 6.20. The highest BCUT2D eigenvalue weighted by Crippen LogP contribution is 2.42. The van der Waals surface area contributed by atoms with E-state index in [-0.39, 0.29) is 34.3 Å². The van der Waals surface area contributed by atoms with Crippen molar-refractivity contribution in [2.45, 2.75) is 6.92 Å². The molecule has 0 aliphatic heterocycles. The van der Waals surface area contributed by atoms with Gasteiger partial charge in [-0.15, -0.1) is 0 Å². The van der Waals surface area contributed by atoms with Crippen molar-refractivity contribution in [2.75, 3.05) is 26.6 Å². The van der Waals surface area contributed by atoms with Crippen molar-refractivity contribution >= 4 is 28.3 Å². The fourth-order valence-electron chi connectivity index (χ4n) is 3.54. The molecule has 4 aromatic rings. The average Bonchev–Trinajstić information content (AvgIpc) is 3.18. The minimum Gasteiger partial charge on any atom is -0.502 e. The summed E-state index contributed by atoms with van der Waals surface area (Å²) in [6, 6.07) is 10.1. The summed E-state index contributed by atoms with van der Waals surface area (Å²) in [6.45, 7) is 1.85. The number of pyridine rings is 1. The summed E-state index contributed by atoms with van der Waals surface area (Å²) in [5.41, 5.74) is 2.11. The van der Waals surface area contributed by atoms with Crippen LogP contribution in [0.1, 0.15) is 21.5 Å². The number of nitrogens with zero attached hydrogens (tertiary/aromatic N) is 1. The van der Waals surface area contributed by atoms with Crippen LogP contribution in [0.25, 0.3) is 11.0 Å². The normalized spacial score (nSPS) is 10.8. The summed E-state index contributed by atoms with van der Waals surface area (Å²) in [7, 11) is 4.50. The van der Waals surface area contributed by atoms with E-state index >= 15 is 0 Å². The summed E-state index contributed by atoms with van der Waals surface area (Å²) in [5.74, 6) is 0.907. The van der Waals surface area contributed by atoms with Crippen LogP contribution in [0.5, 0.6) is 23.0 Å². The molecule has 0 fully saturated rings. The molecular weight excluding hydrogens is 412 g/mol. The summed E-state index contributed by atoms with van der Waals surface area (Å²) >= 11 is 0. The first kappa shape index (κ1) is 21.0. The van der Waals surface area contributed by atoms with Gasteiger partial charge in [0.15, 0.2) is 17.1 Å². The van der Waals surface area contributed by atoms with Gasteiger partial charge < -0.3 is 29.1 Å². The summed E-state index contributed by atoms with van der Waals surface area (Å²) in [4.78, 5) is 17.8. The number of methoxy groups -OCH3 is 3. The standard InChI is InChI=1S/C24H22N2O6/c1-13-18(30-3)10-14(11-19(13)31-4)21(27)20-16-7-8-17(29-2)22(28)23(16)32-24(20)26-15-6-5-9-25-12-15/h5-12,26,28H,1-4H3. The molecule has 164 valence electrons. The topological polar surface area (TPSA) is 103 Å². The van der Waals surface area contributed by atoms with Crippen molar-refractivity contribution in [1.82, 2.24) is 4.98 Å². The van der Waals surface area contributed by atoms with E-state index in [0.717, 1.165) is 5.56 Å². The molecule has 0 aliphatic rings. The summed E-state index contributed by atoms with van der Waals surface area (Å²) < 4.78 is 21.9. The fraction of sp³-hybridized carbons (Fsp3) is 0.167. The number of aromatic nitrogens is 1. The first-order valence-electron chi connectivity index (χ1n) is 9.75. The number of hydrogen-bond donors (Lipinski definition) is 2. The third-order valence-corrected chi connectivity index (χ3v) is 5.18. The molecule has 2 heterocycles. The molecule has 4 rings (SSSR count). The van der Waals surface area contributed by atoms with Crippen LogP contribution in [0.2, 0.25) is 0 Å². The van der Waals surface area contributed by atoms with E-state index in [4.69, 9.17) is 18.6 Å². The lowest BCUT2D eigenvalue weighted by molar-refractivity contribution is 0.103. The van der Waals surface area contributed by atoms with Gasteiger partial charge in [-0.05, 0) is 43.3 Å². The first-order valence-corrected chi connectivity index (χ1v) is 9.75. The van der Waals surface area contributed by atoms with Gasteiger partial charge in [0.1, 0.15) is 11.5 Å². The van der Waals surface area contributed by atoms with Crippen LogP contribution in [0, 0.1) is 6.92 Å². The van der Waals surface area contributed by atoms with Crippen LogP contribution < -0.4 is 19.5 Å². The van der Waals surface area contributed by atoms with E-state index in [2.05, 4.69) is 10.3 Å². The van der Waals surface area contributed by atoms with Crippen molar-refractivity contribution in [1.29, 1.82) is 0 Å². The number of benzene rings is 2. The Hall–Kier alpha value is -4.20. The number of phenolic OH excluding ortho intramolecular Hbond substituents is 1. The smallest absolute Gasteiger partial charge is 0.210 e. The molecule has 8 heteroatoms. The molecule has 0 saturated heterocycles. The number of ether oxygens (including phenoxy) is 3. The molecule has 2 aromatic carbocycles. The maximum atomic E-state index is 13.7. The molecule has 0 radical (unpaired) electrons. The van der Waals surface area contributed by atoms with Crippen LogP contribution >= 0.6 is 0 Å². The number of ketones is 1. The van der Waals surface area contributed by atoms with E-state index in [1.807, 2.05) is 6.92 Å².